The van der Waals surface area contributed by atoms with E-state index in [-0.39, 0.29) is 5.56 Å². The van der Waals surface area contributed by atoms with Gasteiger partial charge in [0, 0.05) is 5.56 Å². The third-order valence-electron chi connectivity index (χ3n) is 1.97. The molecule has 0 saturated heterocycles. The van der Waals surface area contributed by atoms with Gasteiger partial charge < -0.3 is 14.5 Å². The third kappa shape index (κ3) is 1.67. The molecular weight excluding hydrogens is 198 g/mol. The van der Waals surface area contributed by atoms with Gasteiger partial charge in [0.05, 0.1) is 18.2 Å². The van der Waals surface area contributed by atoms with Crippen molar-refractivity contribution in [3.8, 4) is 11.3 Å². The van der Waals surface area contributed by atoms with Crippen LogP contribution in [0.3, 0.4) is 0 Å². The highest BCUT2D eigenvalue weighted by atomic mass is 16.4. The van der Waals surface area contributed by atoms with E-state index in [0.717, 1.165) is 0 Å². The van der Waals surface area contributed by atoms with Crippen LogP contribution in [0.25, 0.3) is 11.3 Å². The minimum Gasteiger partial charge on any atom is -0.477 e. The van der Waals surface area contributed by atoms with Crippen molar-refractivity contribution in [2.45, 2.75) is 0 Å². The molecule has 2 N–H and O–H groups in total. The molecule has 0 aromatic carbocycles. The Morgan fingerprint density at radius 1 is 1.33 bits per heavy atom. The summed E-state index contributed by atoms with van der Waals surface area (Å²) in [6.45, 7) is 0. The lowest BCUT2D eigenvalue weighted by molar-refractivity contribution is 0.0695. The highest BCUT2D eigenvalue weighted by molar-refractivity contribution is 5.87. The number of carboxylic acid groups (broad SMARTS) is 1. The number of hydrogen-bond acceptors (Lipinski definition) is 3. The van der Waals surface area contributed by atoms with Crippen LogP contribution in [0, 0.1) is 0 Å². The zero-order valence-corrected chi connectivity index (χ0v) is 7.56. The number of hydrogen-bond donors (Lipinski definition) is 2. The maximum absolute atomic E-state index is 11.3. The Morgan fingerprint density at radius 3 is 2.67 bits per heavy atom. The van der Waals surface area contributed by atoms with Crippen molar-refractivity contribution in [3.63, 3.8) is 0 Å². The average Bonchev–Trinajstić information content (AvgIpc) is 2.69. The molecule has 0 fully saturated rings. The van der Waals surface area contributed by atoms with Crippen molar-refractivity contribution in [1.82, 2.24) is 4.98 Å². The van der Waals surface area contributed by atoms with Gasteiger partial charge in [-0.05, 0) is 18.2 Å². The lowest BCUT2D eigenvalue weighted by atomic mass is 10.2. The Labute approximate surface area is 84.0 Å². The largest absolute Gasteiger partial charge is 0.477 e. The molecule has 0 spiro atoms. The molecule has 5 nitrogen and oxygen atoms in total. The topological polar surface area (TPSA) is 83.3 Å². The van der Waals surface area contributed by atoms with Crippen LogP contribution in [-0.2, 0) is 0 Å². The fraction of sp³-hybridized carbons (Fsp3) is 0. The van der Waals surface area contributed by atoms with Gasteiger partial charge in [0.15, 0.2) is 0 Å². The highest BCUT2D eigenvalue weighted by Gasteiger charge is 2.09. The molecule has 76 valence electrons. The summed E-state index contributed by atoms with van der Waals surface area (Å²) in [7, 11) is 0. The Bertz CT molecular complexity index is 539. The number of aromatic amines is 1. The first-order valence-electron chi connectivity index (χ1n) is 4.17. The molecule has 0 aliphatic rings. The van der Waals surface area contributed by atoms with Crippen molar-refractivity contribution in [1.29, 1.82) is 0 Å². The zero-order valence-electron chi connectivity index (χ0n) is 7.56. The number of furan rings is 1. The van der Waals surface area contributed by atoms with E-state index in [4.69, 9.17) is 9.52 Å². The molecule has 2 rings (SSSR count). The minimum atomic E-state index is -1.24. The summed E-state index contributed by atoms with van der Waals surface area (Å²) in [4.78, 5) is 24.4. The quantitative estimate of drug-likeness (QED) is 0.774. The summed E-state index contributed by atoms with van der Waals surface area (Å²) < 4.78 is 4.85. The fourth-order valence-electron chi connectivity index (χ4n) is 1.23. The summed E-state index contributed by atoms with van der Waals surface area (Å²) in [6, 6.07) is 4.46. The highest BCUT2D eigenvalue weighted by Crippen LogP contribution is 2.15. The first kappa shape index (κ1) is 9.26. The number of carbonyl (C=O) groups is 1. The Morgan fingerprint density at radius 2 is 2.13 bits per heavy atom. The van der Waals surface area contributed by atoms with Crippen molar-refractivity contribution in [2.24, 2.45) is 0 Å². The second-order valence-corrected chi connectivity index (χ2v) is 2.93. The fourth-order valence-corrected chi connectivity index (χ4v) is 1.23. The maximum Gasteiger partial charge on any atom is 0.341 e. The first-order chi connectivity index (χ1) is 7.18. The van der Waals surface area contributed by atoms with Gasteiger partial charge in [-0.2, -0.15) is 0 Å². The van der Waals surface area contributed by atoms with E-state index in [9.17, 15) is 9.59 Å². The van der Waals surface area contributed by atoms with Crippen molar-refractivity contribution in [2.75, 3.05) is 0 Å². The Balaban J connectivity index is 2.52. The lowest BCUT2D eigenvalue weighted by Crippen LogP contribution is -2.17. The number of rotatable bonds is 2. The summed E-state index contributed by atoms with van der Waals surface area (Å²) in [5.41, 5.74) is 0.325. The predicted octanol–water partition coefficient (Wildman–Crippen LogP) is 1.33. The van der Waals surface area contributed by atoms with Gasteiger partial charge in [-0.1, -0.05) is 0 Å². The number of aromatic nitrogens is 1. The smallest absolute Gasteiger partial charge is 0.341 e. The van der Waals surface area contributed by atoms with E-state index in [1.165, 1.54) is 24.7 Å². The normalized spacial score (nSPS) is 10.1. The Kier molecular flexibility index (Phi) is 2.13. The summed E-state index contributed by atoms with van der Waals surface area (Å²) >= 11 is 0. The standard InChI is InChI=1S/C10H7NO4/c12-9-7(10(13)14)1-2-8(11-9)6-3-4-15-5-6/h1-5H,(H,11,12)(H,13,14). The monoisotopic (exact) mass is 205 g/mol. The molecule has 0 aliphatic carbocycles. The Hall–Kier alpha value is -2.30. The molecule has 2 aromatic rings. The van der Waals surface area contributed by atoms with Gasteiger partial charge in [0.1, 0.15) is 5.56 Å². The molecule has 0 aliphatic heterocycles. The molecule has 0 amide bonds. The van der Waals surface area contributed by atoms with Crippen LogP contribution < -0.4 is 5.56 Å². The van der Waals surface area contributed by atoms with Gasteiger partial charge in [-0.25, -0.2) is 4.79 Å². The number of nitrogens with one attached hydrogen (secondary N) is 1. The van der Waals surface area contributed by atoms with Gasteiger partial charge in [0.2, 0.25) is 0 Å². The van der Waals surface area contributed by atoms with Gasteiger partial charge in [0.25, 0.3) is 5.56 Å². The van der Waals surface area contributed by atoms with Crippen molar-refractivity contribution < 1.29 is 14.3 Å². The van der Waals surface area contributed by atoms with Gasteiger partial charge in [-0.3, -0.25) is 4.79 Å². The van der Waals surface area contributed by atoms with E-state index in [0.29, 0.717) is 11.3 Å². The van der Waals surface area contributed by atoms with Crippen LogP contribution >= 0.6 is 0 Å². The van der Waals surface area contributed by atoms with Crippen LogP contribution in [0.2, 0.25) is 0 Å². The van der Waals surface area contributed by atoms with E-state index >= 15 is 0 Å². The molecule has 0 radical (unpaired) electrons. The van der Waals surface area contributed by atoms with Gasteiger partial charge in [-0.15, -0.1) is 0 Å². The first-order valence-corrected chi connectivity index (χ1v) is 4.17. The number of H-pyrrole nitrogens is 1. The van der Waals surface area contributed by atoms with E-state index in [1.807, 2.05) is 0 Å². The number of pyridine rings is 1. The van der Waals surface area contributed by atoms with Gasteiger partial charge >= 0.3 is 5.97 Å². The van der Waals surface area contributed by atoms with Crippen molar-refractivity contribution >= 4 is 5.97 Å². The summed E-state index contributed by atoms with van der Waals surface area (Å²) in [5, 5.41) is 8.65. The SMILES string of the molecule is O=C(O)c1ccc(-c2ccoc2)[nH]c1=O. The number of aromatic carboxylic acids is 1. The average molecular weight is 205 g/mol. The van der Waals surface area contributed by atoms with Crippen LogP contribution in [0.15, 0.2) is 39.9 Å². The van der Waals surface area contributed by atoms with E-state index < -0.39 is 11.5 Å². The lowest BCUT2D eigenvalue weighted by Gasteiger charge is -1.97. The molecule has 0 unspecified atom stereocenters. The van der Waals surface area contributed by atoms with Crippen LogP contribution in [0.1, 0.15) is 10.4 Å². The maximum atomic E-state index is 11.3. The number of carboxylic acids is 1. The zero-order chi connectivity index (χ0) is 10.8. The van der Waals surface area contributed by atoms with Crippen LogP contribution in [0.4, 0.5) is 0 Å². The minimum absolute atomic E-state index is 0.276. The van der Waals surface area contributed by atoms with Crippen LogP contribution in [0.5, 0.6) is 0 Å². The van der Waals surface area contributed by atoms with Crippen LogP contribution in [-0.4, -0.2) is 16.1 Å². The van der Waals surface area contributed by atoms with Crippen molar-refractivity contribution in [3.05, 3.63) is 46.6 Å². The molecule has 2 heterocycles. The molecule has 2 aromatic heterocycles. The van der Waals surface area contributed by atoms with E-state index in [2.05, 4.69) is 4.98 Å². The second kappa shape index (κ2) is 3.45. The molecule has 0 saturated carbocycles. The predicted molar refractivity (Wildman–Crippen MR) is 51.7 cm³/mol. The molecule has 5 heteroatoms. The van der Waals surface area contributed by atoms with E-state index in [1.54, 1.807) is 6.07 Å². The summed E-state index contributed by atoms with van der Waals surface area (Å²) in [6.07, 6.45) is 2.93. The molecule has 0 bridgehead atoms. The molecular formula is C10H7NO4. The second-order valence-electron chi connectivity index (χ2n) is 2.93. The summed E-state index contributed by atoms with van der Waals surface area (Å²) in [5.74, 6) is -1.24. The molecule has 15 heavy (non-hydrogen) atoms. The molecule has 0 atom stereocenters. The third-order valence-corrected chi connectivity index (χ3v) is 1.97.